The number of benzene rings is 1. The minimum atomic E-state index is -3.14. The Morgan fingerprint density at radius 1 is 1.33 bits per heavy atom. The lowest BCUT2D eigenvalue weighted by Crippen LogP contribution is -2.39. The van der Waals surface area contributed by atoms with Gasteiger partial charge in [-0.3, -0.25) is 0 Å². The lowest BCUT2D eigenvalue weighted by Gasteiger charge is -2.32. The number of rotatable bonds is 4. The highest BCUT2D eigenvalue weighted by molar-refractivity contribution is 9.11. The molecule has 0 saturated carbocycles. The molecule has 0 bridgehead atoms. The molecule has 1 fully saturated rings. The average Bonchev–Trinajstić information content (AvgIpc) is 2.37. The third-order valence-electron chi connectivity index (χ3n) is 3.78. The van der Waals surface area contributed by atoms with E-state index in [0.29, 0.717) is 19.5 Å². The first-order valence-corrected chi connectivity index (χ1v) is 10.3. The van der Waals surface area contributed by atoms with Gasteiger partial charge < -0.3 is 5.11 Å². The van der Waals surface area contributed by atoms with Crippen LogP contribution >= 0.6 is 31.9 Å². The van der Waals surface area contributed by atoms with Gasteiger partial charge in [-0.1, -0.05) is 31.9 Å². The van der Waals surface area contributed by atoms with Crippen LogP contribution in [0.2, 0.25) is 0 Å². The first-order chi connectivity index (χ1) is 9.75. The summed E-state index contributed by atoms with van der Waals surface area (Å²) in [6.07, 6.45) is 3.06. The van der Waals surface area contributed by atoms with Crippen molar-refractivity contribution in [3.05, 3.63) is 32.7 Å². The Labute approximate surface area is 142 Å². The van der Waals surface area contributed by atoms with E-state index in [2.05, 4.69) is 31.9 Å². The summed E-state index contributed by atoms with van der Waals surface area (Å²) in [5, 5.41) is 10.4. The molecule has 4 nitrogen and oxygen atoms in total. The number of hydrogen-bond acceptors (Lipinski definition) is 3. The molecule has 0 spiro atoms. The van der Waals surface area contributed by atoms with Crippen molar-refractivity contribution in [3.63, 3.8) is 0 Å². The van der Waals surface area contributed by atoms with Gasteiger partial charge in [-0.25, -0.2) is 12.7 Å². The molecule has 2 unspecified atom stereocenters. The Morgan fingerprint density at radius 3 is 2.52 bits per heavy atom. The van der Waals surface area contributed by atoms with Gasteiger partial charge in [0.15, 0.2) is 0 Å². The van der Waals surface area contributed by atoms with E-state index in [0.717, 1.165) is 27.4 Å². The molecule has 1 heterocycles. The molecule has 2 atom stereocenters. The van der Waals surface area contributed by atoms with Gasteiger partial charge in [-0.15, -0.1) is 0 Å². The number of aliphatic hydroxyl groups excluding tert-OH is 1. The van der Waals surface area contributed by atoms with Crippen molar-refractivity contribution in [2.75, 3.05) is 19.3 Å². The Bertz CT molecular complexity index is 586. The zero-order valence-corrected chi connectivity index (χ0v) is 15.8. The van der Waals surface area contributed by atoms with Gasteiger partial charge in [0.25, 0.3) is 0 Å². The summed E-state index contributed by atoms with van der Waals surface area (Å²) < 4.78 is 26.6. The van der Waals surface area contributed by atoms with Gasteiger partial charge in [-0.2, -0.15) is 0 Å². The van der Waals surface area contributed by atoms with Gasteiger partial charge in [0.05, 0.1) is 12.4 Å². The summed E-state index contributed by atoms with van der Waals surface area (Å²) in [5.41, 5.74) is 0.840. The van der Waals surface area contributed by atoms with Gasteiger partial charge >= 0.3 is 0 Å². The van der Waals surface area contributed by atoms with Gasteiger partial charge in [-0.05, 0) is 48.9 Å². The van der Waals surface area contributed by atoms with Crippen molar-refractivity contribution in [1.29, 1.82) is 0 Å². The summed E-state index contributed by atoms with van der Waals surface area (Å²) >= 11 is 6.83. The van der Waals surface area contributed by atoms with E-state index in [1.807, 2.05) is 18.2 Å². The lowest BCUT2D eigenvalue weighted by molar-refractivity contribution is 0.122. The summed E-state index contributed by atoms with van der Waals surface area (Å²) in [4.78, 5) is 0. The summed E-state index contributed by atoms with van der Waals surface area (Å²) in [6, 6.07) is 5.71. The molecule has 0 radical (unpaired) electrons. The molecule has 1 aromatic carbocycles. The first kappa shape index (κ1) is 17.4. The number of nitrogens with zero attached hydrogens (tertiary/aromatic N) is 1. The predicted molar refractivity (Wildman–Crippen MR) is 90.6 cm³/mol. The second-order valence-corrected chi connectivity index (χ2v) is 9.40. The van der Waals surface area contributed by atoms with E-state index < -0.39 is 16.1 Å². The average molecular weight is 441 g/mol. The van der Waals surface area contributed by atoms with Crippen LogP contribution in [0, 0.1) is 5.92 Å². The third kappa shape index (κ3) is 5.03. The van der Waals surface area contributed by atoms with Gasteiger partial charge in [0, 0.05) is 22.0 Å². The number of piperidine rings is 1. The first-order valence-electron chi connectivity index (χ1n) is 6.85. The smallest absolute Gasteiger partial charge is 0.211 e. The fourth-order valence-electron chi connectivity index (χ4n) is 2.74. The van der Waals surface area contributed by atoms with Crippen molar-refractivity contribution < 1.29 is 13.5 Å². The van der Waals surface area contributed by atoms with E-state index >= 15 is 0 Å². The Morgan fingerprint density at radius 2 is 1.95 bits per heavy atom. The molecule has 1 saturated heterocycles. The molecule has 1 aliphatic heterocycles. The summed E-state index contributed by atoms with van der Waals surface area (Å²) in [5.74, 6) is 0.196. The predicted octanol–water partition coefficient (Wildman–Crippen LogP) is 3.31. The Hall–Kier alpha value is 0.0500. The van der Waals surface area contributed by atoms with Crippen molar-refractivity contribution in [1.82, 2.24) is 4.31 Å². The van der Waals surface area contributed by atoms with E-state index in [1.165, 1.54) is 10.6 Å². The molecule has 1 N–H and O–H groups in total. The van der Waals surface area contributed by atoms with E-state index in [9.17, 15) is 13.5 Å². The van der Waals surface area contributed by atoms with Gasteiger partial charge in [0.1, 0.15) is 0 Å². The zero-order valence-electron chi connectivity index (χ0n) is 11.8. The lowest BCUT2D eigenvalue weighted by atomic mass is 9.91. The fourth-order valence-corrected chi connectivity index (χ4v) is 5.01. The summed E-state index contributed by atoms with van der Waals surface area (Å²) in [7, 11) is -3.14. The second kappa shape index (κ2) is 7.08. The minimum absolute atomic E-state index is 0.196. The van der Waals surface area contributed by atoms with Crippen LogP contribution in [0.3, 0.4) is 0 Å². The maximum absolute atomic E-state index is 11.6. The van der Waals surface area contributed by atoms with Gasteiger partial charge in [0.2, 0.25) is 10.0 Å². The molecule has 21 heavy (non-hydrogen) atoms. The molecule has 1 aliphatic rings. The third-order valence-corrected chi connectivity index (χ3v) is 5.96. The van der Waals surface area contributed by atoms with E-state index in [1.54, 1.807) is 0 Å². The number of halogens is 2. The van der Waals surface area contributed by atoms with Crippen molar-refractivity contribution in [2.24, 2.45) is 5.92 Å². The van der Waals surface area contributed by atoms with E-state index in [4.69, 9.17) is 0 Å². The highest BCUT2D eigenvalue weighted by atomic mass is 79.9. The number of hydrogen-bond donors (Lipinski definition) is 1. The fraction of sp³-hybridized carbons (Fsp3) is 0.571. The van der Waals surface area contributed by atoms with Crippen LogP contribution in [0.25, 0.3) is 0 Å². The van der Waals surface area contributed by atoms with Crippen LogP contribution in [0.15, 0.2) is 27.1 Å². The topological polar surface area (TPSA) is 57.6 Å². The van der Waals surface area contributed by atoms with Crippen molar-refractivity contribution >= 4 is 41.9 Å². The zero-order chi connectivity index (χ0) is 15.6. The quantitative estimate of drug-likeness (QED) is 0.781. The molecule has 0 aromatic heterocycles. The highest BCUT2D eigenvalue weighted by Gasteiger charge is 2.27. The second-order valence-electron chi connectivity index (χ2n) is 5.58. The van der Waals surface area contributed by atoms with Crippen LogP contribution in [-0.2, 0) is 10.0 Å². The van der Waals surface area contributed by atoms with Crippen LogP contribution in [0.1, 0.15) is 30.9 Å². The normalized spacial score (nSPS) is 22.2. The number of sulfonamides is 1. The molecular weight excluding hydrogens is 422 g/mol. The molecular formula is C14H19Br2NO3S. The van der Waals surface area contributed by atoms with Crippen LogP contribution < -0.4 is 0 Å². The van der Waals surface area contributed by atoms with Crippen LogP contribution in [-0.4, -0.2) is 37.2 Å². The highest BCUT2D eigenvalue weighted by Crippen LogP contribution is 2.31. The Kier molecular flexibility index (Phi) is 5.87. The maximum atomic E-state index is 11.6. The van der Waals surface area contributed by atoms with Crippen LogP contribution in [0.5, 0.6) is 0 Å². The SMILES string of the molecule is CS(=O)(=O)N1CCCC(CC(O)c2cc(Br)cc(Br)c2)C1. The standard InChI is InChI=1S/C14H19Br2NO3S/c1-21(19,20)17-4-2-3-10(9-17)5-14(18)11-6-12(15)8-13(16)7-11/h6-8,10,14,18H,2-5,9H2,1H3. The van der Waals surface area contributed by atoms with Crippen LogP contribution in [0.4, 0.5) is 0 Å². The maximum Gasteiger partial charge on any atom is 0.211 e. The molecule has 1 aromatic rings. The molecule has 2 rings (SSSR count). The minimum Gasteiger partial charge on any atom is -0.388 e. The molecule has 7 heteroatoms. The molecule has 0 amide bonds. The largest absolute Gasteiger partial charge is 0.388 e. The molecule has 118 valence electrons. The van der Waals surface area contributed by atoms with Crippen molar-refractivity contribution in [2.45, 2.75) is 25.4 Å². The molecule has 0 aliphatic carbocycles. The van der Waals surface area contributed by atoms with E-state index in [-0.39, 0.29) is 5.92 Å². The monoisotopic (exact) mass is 439 g/mol. The number of aliphatic hydroxyl groups is 1. The van der Waals surface area contributed by atoms with Crippen molar-refractivity contribution in [3.8, 4) is 0 Å². The Balaban J connectivity index is 2.03. The summed E-state index contributed by atoms with van der Waals surface area (Å²) in [6.45, 7) is 1.10.